The fourth-order valence-corrected chi connectivity index (χ4v) is 2.35. The van der Waals surface area contributed by atoms with Gasteiger partial charge in [0.25, 0.3) is 0 Å². The van der Waals surface area contributed by atoms with Crippen LogP contribution in [0, 0.1) is 5.82 Å². The Morgan fingerprint density at radius 2 is 2.33 bits per heavy atom. The van der Waals surface area contributed by atoms with Crippen LogP contribution in [0.5, 0.6) is 5.75 Å². The molecule has 1 aliphatic heterocycles. The maximum Gasteiger partial charge on any atom is 0.339 e. The average molecular weight is 253 g/mol. The van der Waals surface area contributed by atoms with Gasteiger partial charge in [-0.1, -0.05) is 0 Å². The molecule has 1 saturated heterocycles. The minimum Gasteiger partial charge on any atom is -0.493 e. The van der Waals surface area contributed by atoms with Crippen LogP contribution >= 0.6 is 0 Å². The van der Waals surface area contributed by atoms with Crippen molar-refractivity contribution in [3.8, 4) is 5.75 Å². The average Bonchev–Trinajstić information content (AvgIpc) is 2.38. The highest BCUT2D eigenvalue weighted by Crippen LogP contribution is 2.30. The maximum absolute atomic E-state index is 13.8. The van der Waals surface area contributed by atoms with Gasteiger partial charge in [0.2, 0.25) is 0 Å². The third-order valence-electron chi connectivity index (χ3n) is 3.27. The quantitative estimate of drug-likeness (QED) is 0.865. The summed E-state index contributed by atoms with van der Waals surface area (Å²) in [5, 5.41) is 12.3. The van der Waals surface area contributed by atoms with Crippen molar-refractivity contribution in [1.82, 2.24) is 5.32 Å². The van der Waals surface area contributed by atoms with E-state index in [9.17, 15) is 9.18 Å². The van der Waals surface area contributed by atoms with Crippen LogP contribution in [0.2, 0.25) is 0 Å². The van der Waals surface area contributed by atoms with Crippen LogP contribution in [-0.2, 0) is 0 Å². The summed E-state index contributed by atoms with van der Waals surface area (Å²) in [5.41, 5.74) is 0.607. The molecule has 1 unspecified atom stereocenters. The predicted octanol–water partition coefficient (Wildman–Crippen LogP) is 2.00. The molecular weight excluding hydrogens is 237 g/mol. The van der Waals surface area contributed by atoms with Gasteiger partial charge in [0.1, 0.15) is 5.56 Å². The number of halogens is 1. The Labute approximate surface area is 105 Å². The molecule has 1 aliphatic rings. The summed E-state index contributed by atoms with van der Waals surface area (Å²) in [5.74, 6) is -1.82. The molecule has 2 rings (SSSR count). The summed E-state index contributed by atoms with van der Waals surface area (Å²) in [4.78, 5) is 11.1. The summed E-state index contributed by atoms with van der Waals surface area (Å²) < 4.78 is 18.6. The van der Waals surface area contributed by atoms with E-state index in [0.717, 1.165) is 31.5 Å². The first-order chi connectivity index (χ1) is 8.63. The normalized spacial score (nSPS) is 19.6. The zero-order valence-electron chi connectivity index (χ0n) is 10.2. The predicted molar refractivity (Wildman–Crippen MR) is 64.8 cm³/mol. The van der Waals surface area contributed by atoms with Crippen LogP contribution in [0.1, 0.15) is 34.7 Å². The van der Waals surface area contributed by atoms with Crippen molar-refractivity contribution in [2.24, 2.45) is 0 Å². The molecule has 4 nitrogen and oxygen atoms in total. The molecule has 0 saturated carbocycles. The number of benzene rings is 1. The first kappa shape index (κ1) is 12.8. The van der Waals surface area contributed by atoms with E-state index in [2.05, 4.69) is 5.32 Å². The first-order valence-electron chi connectivity index (χ1n) is 5.95. The van der Waals surface area contributed by atoms with Gasteiger partial charge < -0.3 is 15.2 Å². The Kier molecular flexibility index (Phi) is 3.81. The molecule has 0 radical (unpaired) electrons. The highest BCUT2D eigenvalue weighted by atomic mass is 19.1. The van der Waals surface area contributed by atoms with Crippen molar-refractivity contribution in [1.29, 1.82) is 0 Å². The third-order valence-corrected chi connectivity index (χ3v) is 3.27. The first-order valence-corrected chi connectivity index (χ1v) is 5.95. The van der Waals surface area contributed by atoms with Crippen LogP contribution in [0.4, 0.5) is 4.39 Å². The molecule has 0 bridgehead atoms. The molecule has 0 aliphatic carbocycles. The van der Waals surface area contributed by atoms with E-state index in [4.69, 9.17) is 9.84 Å². The second-order valence-electron chi connectivity index (χ2n) is 4.43. The second kappa shape index (κ2) is 5.35. The van der Waals surface area contributed by atoms with Gasteiger partial charge in [-0.3, -0.25) is 0 Å². The lowest BCUT2D eigenvalue weighted by molar-refractivity contribution is 0.0692. The summed E-state index contributed by atoms with van der Waals surface area (Å²) in [6.07, 6.45) is 1.96. The van der Waals surface area contributed by atoms with Crippen LogP contribution < -0.4 is 10.1 Å². The lowest BCUT2D eigenvalue weighted by Crippen LogP contribution is -2.28. The molecule has 18 heavy (non-hydrogen) atoms. The summed E-state index contributed by atoms with van der Waals surface area (Å²) in [6, 6.07) is 2.89. The fourth-order valence-electron chi connectivity index (χ4n) is 2.35. The van der Waals surface area contributed by atoms with Crippen LogP contribution in [0.3, 0.4) is 0 Å². The van der Waals surface area contributed by atoms with Crippen molar-refractivity contribution in [2.45, 2.75) is 18.8 Å². The molecule has 2 N–H and O–H groups in total. The van der Waals surface area contributed by atoms with Crippen molar-refractivity contribution < 1.29 is 19.0 Å². The molecule has 1 atom stereocenters. The van der Waals surface area contributed by atoms with E-state index in [1.54, 1.807) is 0 Å². The van der Waals surface area contributed by atoms with Crippen LogP contribution in [-0.4, -0.2) is 31.3 Å². The number of hydrogen-bond donors (Lipinski definition) is 2. The lowest BCUT2D eigenvalue weighted by Gasteiger charge is -2.23. The number of ether oxygens (including phenoxy) is 1. The zero-order valence-corrected chi connectivity index (χ0v) is 10.2. The van der Waals surface area contributed by atoms with E-state index in [1.165, 1.54) is 19.2 Å². The smallest absolute Gasteiger partial charge is 0.339 e. The largest absolute Gasteiger partial charge is 0.493 e. The van der Waals surface area contributed by atoms with Crippen LogP contribution in [0.15, 0.2) is 12.1 Å². The van der Waals surface area contributed by atoms with E-state index < -0.39 is 11.8 Å². The van der Waals surface area contributed by atoms with Crippen molar-refractivity contribution in [3.63, 3.8) is 0 Å². The molecule has 0 spiro atoms. The highest BCUT2D eigenvalue weighted by Gasteiger charge is 2.22. The maximum atomic E-state index is 13.8. The van der Waals surface area contributed by atoms with Gasteiger partial charge >= 0.3 is 5.97 Å². The molecule has 98 valence electrons. The SMILES string of the molecule is COc1c(F)cc(C2CCCNC2)cc1C(=O)O. The van der Waals surface area contributed by atoms with Crippen molar-refractivity contribution >= 4 is 5.97 Å². The van der Waals surface area contributed by atoms with Gasteiger partial charge in [-0.15, -0.1) is 0 Å². The van der Waals surface area contributed by atoms with Gasteiger partial charge in [-0.25, -0.2) is 9.18 Å². The van der Waals surface area contributed by atoms with E-state index in [1.807, 2.05) is 0 Å². The summed E-state index contributed by atoms with van der Waals surface area (Å²) in [7, 11) is 1.27. The number of aromatic carboxylic acids is 1. The standard InChI is InChI=1S/C13H16FNO3/c1-18-12-10(13(16)17)5-9(6-11(12)14)8-3-2-4-15-7-8/h5-6,8,15H,2-4,7H2,1H3,(H,16,17). The molecule has 1 aromatic rings. The number of rotatable bonds is 3. The van der Waals surface area contributed by atoms with Crippen LogP contribution in [0.25, 0.3) is 0 Å². The molecule has 1 fully saturated rings. The minimum atomic E-state index is -1.17. The van der Waals surface area contributed by atoms with Gasteiger partial charge in [0.15, 0.2) is 11.6 Å². The van der Waals surface area contributed by atoms with Gasteiger partial charge in [-0.05, 0) is 43.0 Å². The number of hydrogen-bond acceptors (Lipinski definition) is 3. The van der Waals surface area contributed by atoms with Crippen molar-refractivity contribution in [3.05, 3.63) is 29.1 Å². The topological polar surface area (TPSA) is 58.6 Å². The van der Waals surface area contributed by atoms with Gasteiger partial charge in [0, 0.05) is 6.54 Å². The Morgan fingerprint density at radius 3 is 2.89 bits per heavy atom. The highest BCUT2D eigenvalue weighted by molar-refractivity contribution is 5.91. The van der Waals surface area contributed by atoms with Gasteiger partial charge in [-0.2, -0.15) is 0 Å². The number of methoxy groups -OCH3 is 1. The summed E-state index contributed by atoms with van der Waals surface area (Å²) >= 11 is 0. The van der Waals surface area contributed by atoms with Gasteiger partial charge in [0.05, 0.1) is 7.11 Å². The number of carboxylic acid groups (broad SMARTS) is 1. The molecule has 1 heterocycles. The Bertz CT molecular complexity index is 456. The number of carbonyl (C=O) groups is 1. The minimum absolute atomic E-state index is 0.113. The summed E-state index contributed by atoms with van der Waals surface area (Å²) in [6.45, 7) is 1.71. The second-order valence-corrected chi connectivity index (χ2v) is 4.43. The fraction of sp³-hybridized carbons (Fsp3) is 0.462. The molecule has 0 amide bonds. The molecule has 1 aromatic carbocycles. The number of carboxylic acids is 1. The third kappa shape index (κ3) is 2.46. The Morgan fingerprint density at radius 1 is 1.56 bits per heavy atom. The van der Waals surface area contributed by atoms with E-state index in [-0.39, 0.29) is 17.2 Å². The monoisotopic (exact) mass is 253 g/mol. The Hall–Kier alpha value is -1.62. The molecule has 0 aromatic heterocycles. The molecular formula is C13H16FNO3. The zero-order chi connectivity index (χ0) is 13.1. The van der Waals surface area contributed by atoms with E-state index >= 15 is 0 Å². The van der Waals surface area contributed by atoms with Crippen molar-refractivity contribution in [2.75, 3.05) is 20.2 Å². The molecule has 5 heteroatoms. The number of nitrogens with one attached hydrogen (secondary N) is 1. The Balaban J connectivity index is 2.40. The number of piperidine rings is 1. The van der Waals surface area contributed by atoms with E-state index in [0.29, 0.717) is 0 Å². The lowest BCUT2D eigenvalue weighted by atomic mass is 9.90.